The lowest BCUT2D eigenvalue weighted by Crippen LogP contribution is -1.94. The van der Waals surface area contributed by atoms with E-state index in [1.54, 1.807) is 6.07 Å². The smallest absolute Gasteiger partial charge is 0.118 e. The van der Waals surface area contributed by atoms with Crippen LogP contribution in [0.25, 0.3) is 11.1 Å². The fourth-order valence-corrected chi connectivity index (χ4v) is 2.86. The lowest BCUT2D eigenvalue weighted by molar-refractivity contribution is 0.471. The van der Waals surface area contributed by atoms with Gasteiger partial charge in [-0.1, -0.05) is 66.7 Å². The summed E-state index contributed by atoms with van der Waals surface area (Å²) in [4.78, 5) is 0. The molecule has 0 aliphatic rings. The Morgan fingerprint density at radius 3 is 2.00 bits per heavy atom. The van der Waals surface area contributed by atoms with Crippen molar-refractivity contribution in [1.82, 2.24) is 0 Å². The Morgan fingerprint density at radius 1 is 0.773 bits per heavy atom. The molecule has 0 heterocycles. The van der Waals surface area contributed by atoms with Crippen LogP contribution in [0.1, 0.15) is 21.9 Å². The first kappa shape index (κ1) is 14.7. The van der Waals surface area contributed by atoms with E-state index in [1.807, 2.05) is 37.3 Å². The van der Waals surface area contributed by atoms with Gasteiger partial charge in [0.25, 0.3) is 0 Å². The summed E-state index contributed by atoms with van der Waals surface area (Å²) in [5.74, 6) is 0.323. The zero-order valence-electron chi connectivity index (χ0n) is 12.4. The van der Waals surface area contributed by atoms with Crippen molar-refractivity contribution in [2.75, 3.05) is 0 Å². The van der Waals surface area contributed by atoms with Crippen LogP contribution in [-0.4, -0.2) is 5.11 Å². The standard InChI is InChI=1S/C20H18OS/c1-14-13-18(11-12-19(14)21)20(22)17-9-7-16(8-10-17)15-5-3-2-4-6-15/h2-13,20-22H,1H3. The molecule has 1 N–H and O–H groups in total. The number of rotatable bonds is 3. The van der Waals surface area contributed by atoms with Gasteiger partial charge in [0.2, 0.25) is 0 Å². The molecule has 0 saturated heterocycles. The first-order valence-corrected chi connectivity index (χ1v) is 7.80. The van der Waals surface area contributed by atoms with Crippen LogP contribution in [0.3, 0.4) is 0 Å². The molecule has 0 aliphatic carbocycles. The zero-order valence-corrected chi connectivity index (χ0v) is 13.3. The number of aryl methyl sites for hydroxylation is 1. The maximum Gasteiger partial charge on any atom is 0.118 e. The Bertz CT molecular complexity index is 763. The number of thiol groups is 1. The average Bonchev–Trinajstić information content (AvgIpc) is 2.58. The van der Waals surface area contributed by atoms with E-state index in [0.29, 0.717) is 5.75 Å². The number of phenols is 1. The van der Waals surface area contributed by atoms with E-state index < -0.39 is 0 Å². The van der Waals surface area contributed by atoms with Gasteiger partial charge in [-0.05, 0) is 40.8 Å². The molecule has 3 rings (SSSR count). The molecule has 0 aliphatic heterocycles. The van der Waals surface area contributed by atoms with Gasteiger partial charge in [0.05, 0.1) is 5.25 Å². The molecule has 3 aromatic rings. The predicted octanol–water partition coefficient (Wildman–Crippen LogP) is 5.39. The highest BCUT2D eigenvalue weighted by Gasteiger charge is 2.11. The van der Waals surface area contributed by atoms with Crippen molar-refractivity contribution in [3.8, 4) is 16.9 Å². The van der Waals surface area contributed by atoms with Gasteiger partial charge in [-0.2, -0.15) is 12.6 Å². The van der Waals surface area contributed by atoms with Crippen molar-refractivity contribution in [3.05, 3.63) is 89.5 Å². The lowest BCUT2D eigenvalue weighted by atomic mass is 9.99. The largest absolute Gasteiger partial charge is 0.508 e. The number of benzene rings is 3. The summed E-state index contributed by atoms with van der Waals surface area (Å²) in [6, 6.07) is 24.4. The van der Waals surface area contributed by atoms with Crippen LogP contribution in [0.2, 0.25) is 0 Å². The summed E-state index contributed by atoms with van der Waals surface area (Å²) in [6.45, 7) is 1.90. The highest BCUT2D eigenvalue weighted by Crippen LogP contribution is 2.32. The second kappa shape index (κ2) is 6.29. The fraction of sp³-hybridized carbons (Fsp3) is 0.100. The molecule has 0 spiro atoms. The van der Waals surface area contributed by atoms with E-state index in [0.717, 1.165) is 16.7 Å². The highest BCUT2D eigenvalue weighted by atomic mass is 32.1. The molecular weight excluding hydrogens is 288 g/mol. The summed E-state index contributed by atoms with van der Waals surface area (Å²) in [5, 5.41) is 9.64. The predicted molar refractivity (Wildman–Crippen MR) is 95.6 cm³/mol. The second-order valence-corrected chi connectivity index (χ2v) is 5.95. The molecular formula is C20H18OS. The molecule has 0 amide bonds. The van der Waals surface area contributed by atoms with Gasteiger partial charge >= 0.3 is 0 Å². The summed E-state index contributed by atoms with van der Waals surface area (Å²) in [6.07, 6.45) is 0. The van der Waals surface area contributed by atoms with Crippen molar-refractivity contribution >= 4 is 12.6 Å². The third kappa shape index (κ3) is 3.02. The molecule has 1 nitrogen and oxygen atoms in total. The Morgan fingerprint density at radius 2 is 1.36 bits per heavy atom. The van der Waals surface area contributed by atoms with Gasteiger partial charge < -0.3 is 5.11 Å². The van der Waals surface area contributed by atoms with Gasteiger partial charge in [0.1, 0.15) is 5.75 Å². The number of phenolic OH excluding ortho intramolecular Hbond substituents is 1. The topological polar surface area (TPSA) is 20.2 Å². The van der Waals surface area contributed by atoms with Crippen molar-refractivity contribution in [3.63, 3.8) is 0 Å². The van der Waals surface area contributed by atoms with Crippen LogP contribution in [0.15, 0.2) is 72.8 Å². The molecule has 0 bridgehead atoms. The maximum absolute atomic E-state index is 9.63. The summed E-state index contributed by atoms with van der Waals surface area (Å²) < 4.78 is 0. The van der Waals surface area contributed by atoms with Crippen molar-refractivity contribution in [2.45, 2.75) is 12.2 Å². The quantitative estimate of drug-likeness (QED) is 0.622. The average molecular weight is 306 g/mol. The van der Waals surface area contributed by atoms with E-state index in [4.69, 9.17) is 12.6 Å². The van der Waals surface area contributed by atoms with Crippen LogP contribution in [0.5, 0.6) is 5.75 Å². The highest BCUT2D eigenvalue weighted by molar-refractivity contribution is 7.80. The van der Waals surface area contributed by atoms with Crippen LogP contribution < -0.4 is 0 Å². The molecule has 0 aromatic heterocycles. The van der Waals surface area contributed by atoms with E-state index in [2.05, 4.69) is 36.4 Å². The van der Waals surface area contributed by atoms with Gasteiger partial charge in [0.15, 0.2) is 0 Å². The Kier molecular flexibility index (Phi) is 4.21. The fourth-order valence-electron chi connectivity index (χ4n) is 2.53. The maximum atomic E-state index is 9.63. The molecule has 0 fully saturated rings. The third-order valence-electron chi connectivity index (χ3n) is 3.87. The number of hydrogen-bond acceptors (Lipinski definition) is 2. The van der Waals surface area contributed by atoms with Crippen LogP contribution in [0, 0.1) is 6.92 Å². The SMILES string of the molecule is Cc1cc(C(S)c2ccc(-c3ccccc3)cc2)ccc1O. The van der Waals surface area contributed by atoms with Gasteiger partial charge in [-0.25, -0.2) is 0 Å². The molecule has 22 heavy (non-hydrogen) atoms. The van der Waals surface area contributed by atoms with E-state index in [9.17, 15) is 5.11 Å². The van der Waals surface area contributed by atoms with Crippen LogP contribution in [0.4, 0.5) is 0 Å². The van der Waals surface area contributed by atoms with E-state index in [-0.39, 0.29) is 5.25 Å². The van der Waals surface area contributed by atoms with Gasteiger partial charge in [-0.15, -0.1) is 0 Å². The molecule has 1 unspecified atom stereocenters. The lowest BCUT2D eigenvalue weighted by Gasteiger charge is -2.14. The minimum atomic E-state index is 0.00382. The monoisotopic (exact) mass is 306 g/mol. The second-order valence-electron chi connectivity index (χ2n) is 5.44. The molecule has 0 saturated carbocycles. The summed E-state index contributed by atoms with van der Waals surface area (Å²) >= 11 is 4.73. The molecule has 3 aromatic carbocycles. The number of hydrogen-bond donors (Lipinski definition) is 2. The molecule has 1 atom stereocenters. The van der Waals surface area contributed by atoms with Gasteiger partial charge in [-0.3, -0.25) is 0 Å². The van der Waals surface area contributed by atoms with Crippen LogP contribution >= 0.6 is 12.6 Å². The van der Waals surface area contributed by atoms with E-state index in [1.165, 1.54) is 11.1 Å². The Labute approximate surface area is 136 Å². The van der Waals surface area contributed by atoms with Crippen molar-refractivity contribution < 1.29 is 5.11 Å². The van der Waals surface area contributed by atoms with Crippen molar-refractivity contribution in [1.29, 1.82) is 0 Å². The Hall–Kier alpha value is -2.19. The Balaban J connectivity index is 1.87. The minimum absolute atomic E-state index is 0.00382. The molecule has 2 heteroatoms. The molecule has 110 valence electrons. The summed E-state index contributed by atoms with van der Waals surface area (Å²) in [7, 11) is 0. The first-order valence-electron chi connectivity index (χ1n) is 7.28. The van der Waals surface area contributed by atoms with Crippen molar-refractivity contribution in [2.24, 2.45) is 0 Å². The number of aromatic hydroxyl groups is 1. The van der Waals surface area contributed by atoms with E-state index >= 15 is 0 Å². The van der Waals surface area contributed by atoms with Crippen LogP contribution in [-0.2, 0) is 0 Å². The zero-order chi connectivity index (χ0) is 15.5. The summed E-state index contributed by atoms with van der Waals surface area (Å²) in [5.41, 5.74) is 5.52. The minimum Gasteiger partial charge on any atom is -0.508 e. The molecule has 0 radical (unpaired) electrons. The third-order valence-corrected chi connectivity index (χ3v) is 4.47. The first-order chi connectivity index (χ1) is 10.6. The normalized spacial score (nSPS) is 12.1. The van der Waals surface area contributed by atoms with Gasteiger partial charge in [0, 0.05) is 0 Å².